The van der Waals surface area contributed by atoms with Crippen molar-refractivity contribution in [1.29, 1.82) is 0 Å². The maximum absolute atomic E-state index is 5.83. The summed E-state index contributed by atoms with van der Waals surface area (Å²) in [6.45, 7) is 5.60. The first kappa shape index (κ1) is 16.2. The molecule has 1 heterocycles. The molecule has 0 spiro atoms. The van der Waals surface area contributed by atoms with Gasteiger partial charge in [-0.05, 0) is 50.2 Å². The average molecular weight is 292 g/mol. The van der Waals surface area contributed by atoms with E-state index < -0.39 is 0 Å². The first-order valence-corrected chi connectivity index (χ1v) is 8.32. The van der Waals surface area contributed by atoms with Crippen molar-refractivity contribution in [3.05, 3.63) is 24.3 Å². The quantitative estimate of drug-likeness (QED) is 0.629. The standard InChI is InChI=1S/C18H28O3/c1-2-3-11-20-17-7-4-8-18(15-17)21-12-5-6-16-9-13-19-14-10-16/h4,7-8,15-16H,2-3,5-6,9-14H2,1H3. The lowest BCUT2D eigenvalue weighted by atomic mass is 9.95. The van der Waals surface area contributed by atoms with E-state index in [4.69, 9.17) is 14.2 Å². The van der Waals surface area contributed by atoms with E-state index in [9.17, 15) is 0 Å². The summed E-state index contributed by atoms with van der Waals surface area (Å²) in [6, 6.07) is 7.98. The van der Waals surface area contributed by atoms with Crippen molar-refractivity contribution in [2.75, 3.05) is 26.4 Å². The second-order valence-electron chi connectivity index (χ2n) is 5.72. The third kappa shape index (κ3) is 6.38. The SMILES string of the molecule is CCCCOc1cccc(OCCCC2CCOCC2)c1. The lowest BCUT2D eigenvalue weighted by molar-refractivity contribution is 0.0620. The molecule has 0 bridgehead atoms. The van der Waals surface area contributed by atoms with Crippen LogP contribution in [0.3, 0.4) is 0 Å². The van der Waals surface area contributed by atoms with Crippen LogP contribution in [-0.4, -0.2) is 26.4 Å². The highest BCUT2D eigenvalue weighted by molar-refractivity contribution is 5.32. The van der Waals surface area contributed by atoms with Gasteiger partial charge in [0.25, 0.3) is 0 Å². The smallest absolute Gasteiger partial charge is 0.122 e. The molecule has 0 radical (unpaired) electrons. The van der Waals surface area contributed by atoms with E-state index in [2.05, 4.69) is 6.92 Å². The summed E-state index contributed by atoms with van der Waals surface area (Å²) in [6.07, 6.45) is 7.03. The molecule has 0 aliphatic carbocycles. The van der Waals surface area contributed by atoms with Gasteiger partial charge in [0, 0.05) is 19.3 Å². The molecule has 0 atom stereocenters. The summed E-state index contributed by atoms with van der Waals surface area (Å²) in [7, 11) is 0. The lowest BCUT2D eigenvalue weighted by Crippen LogP contribution is -2.16. The van der Waals surface area contributed by atoms with Crippen LogP contribution in [0.25, 0.3) is 0 Å². The number of ether oxygens (including phenoxy) is 3. The Kier molecular flexibility index (Phi) is 7.44. The summed E-state index contributed by atoms with van der Waals surface area (Å²) in [4.78, 5) is 0. The van der Waals surface area contributed by atoms with E-state index in [0.717, 1.165) is 63.1 Å². The van der Waals surface area contributed by atoms with Crippen LogP contribution in [0, 0.1) is 5.92 Å². The maximum atomic E-state index is 5.83. The maximum Gasteiger partial charge on any atom is 0.122 e. The van der Waals surface area contributed by atoms with Gasteiger partial charge in [0.15, 0.2) is 0 Å². The Morgan fingerprint density at radius 1 is 1.05 bits per heavy atom. The van der Waals surface area contributed by atoms with Crippen LogP contribution >= 0.6 is 0 Å². The molecule has 1 fully saturated rings. The second kappa shape index (κ2) is 9.67. The van der Waals surface area contributed by atoms with Crippen molar-refractivity contribution < 1.29 is 14.2 Å². The van der Waals surface area contributed by atoms with Gasteiger partial charge < -0.3 is 14.2 Å². The van der Waals surface area contributed by atoms with Gasteiger partial charge in [-0.1, -0.05) is 19.4 Å². The fourth-order valence-electron chi connectivity index (χ4n) is 2.59. The normalized spacial score (nSPS) is 15.9. The number of rotatable bonds is 9. The third-order valence-corrected chi connectivity index (χ3v) is 3.94. The van der Waals surface area contributed by atoms with E-state index in [1.807, 2.05) is 24.3 Å². The van der Waals surface area contributed by atoms with Crippen LogP contribution in [0.4, 0.5) is 0 Å². The Morgan fingerprint density at radius 3 is 2.38 bits per heavy atom. The van der Waals surface area contributed by atoms with E-state index in [1.165, 1.54) is 19.3 Å². The fourth-order valence-corrected chi connectivity index (χ4v) is 2.59. The van der Waals surface area contributed by atoms with Gasteiger partial charge in [-0.3, -0.25) is 0 Å². The minimum Gasteiger partial charge on any atom is -0.493 e. The Hall–Kier alpha value is -1.22. The summed E-state index contributed by atoms with van der Waals surface area (Å²) in [5, 5.41) is 0. The van der Waals surface area contributed by atoms with Crippen molar-refractivity contribution in [3.8, 4) is 11.5 Å². The molecule has 1 aromatic carbocycles. The van der Waals surface area contributed by atoms with Crippen LogP contribution in [0.5, 0.6) is 11.5 Å². The van der Waals surface area contributed by atoms with Gasteiger partial charge in [-0.15, -0.1) is 0 Å². The molecule has 21 heavy (non-hydrogen) atoms. The summed E-state index contributed by atoms with van der Waals surface area (Å²) in [5.41, 5.74) is 0. The number of hydrogen-bond acceptors (Lipinski definition) is 3. The molecular weight excluding hydrogens is 264 g/mol. The van der Waals surface area contributed by atoms with Crippen molar-refractivity contribution in [1.82, 2.24) is 0 Å². The van der Waals surface area contributed by atoms with Crippen LogP contribution in [0.15, 0.2) is 24.3 Å². The first-order valence-electron chi connectivity index (χ1n) is 8.32. The van der Waals surface area contributed by atoms with E-state index in [0.29, 0.717) is 0 Å². The highest BCUT2D eigenvalue weighted by atomic mass is 16.5. The Balaban J connectivity index is 1.64. The zero-order chi connectivity index (χ0) is 14.8. The summed E-state index contributed by atoms with van der Waals surface area (Å²) in [5.74, 6) is 2.65. The molecule has 2 rings (SSSR count). The molecule has 0 saturated carbocycles. The molecule has 0 aromatic heterocycles. The highest BCUT2D eigenvalue weighted by Crippen LogP contribution is 2.22. The molecule has 1 aliphatic heterocycles. The Labute approximate surface area is 128 Å². The largest absolute Gasteiger partial charge is 0.493 e. The predicted octanol–water partition coefficient (Wildman–Crippen LogP) is 4.45. The molecule has 3 heteroatoms. The minimum absolute atomic E-state index is 0.781. The van der Waals surface area contributed by atoms with E-state index in [-0.39, 0.29) is 0 Å². The van der Waals surface area contributed by atoms with Gasteiger partial charge >= 0.3 is 0 Å². The third-order valence-electron chi connectivity index (χ3n) is 3.94. The first-order chi connectivity index (χ1) is 10.4. The molecule has 118 valence electrons. The van der Waals surface area contributed by atoms with Gasteiger partial charge in [0.2, 0.25) is 0 Å². The molecule has 0 unspecified atom stereocenters. The zero-order valence-electron chi connectivity index (χ0n) is 13.2. The van der Waals surface area contributed by atoms with E-state index >= 15 is 0 Å². The van der Waals surface area contributed by atoms with Gasteiger partial charge in [0.05, 0.1) is 13.2 Å². The molecule has 1 aromatic rings. The highest BCUT2D eigenvalue weighted by Gasteiger charge is 2.13. The molecule has 3 nitrogen and oxygen atoms in total. The minimum atomic E-state index is 0.781. The van der Waals surface area contributed by atoms with Crippen molar-refractivity contribution >= 4 is 0 Å². The van der Waals surface area contributed by atoms with Crippen LogP contribution < -0.4 is 9.47 Å². The molecule has 0 amide bonds. The van der Waals surface area contributed by atoms with Gasteiger partial charge in [-0.25, -0.2) is 0 Å². The average Bonchev–Trinajstić information content (AvgIpc) is 2.53. The molecular formula is C18H28O3. The van der Waals surface area contributed by atoms with Crippen molar-refractivity contribution in [3.63, 3.8) is 0 Å². The van der Waals surface area contributed by atoms with E-state index in [1.54, 1.807) is 0 Å². The van der Waals surface area contributed by atoms with Gasteiger partial charge in [-0.2, -0.15) is 0 Å². The topological polar surface area (TPSA) is 27.7 Å². The number of benzene rings is 1. The molecule has 1 saturated heterocycles. The zero-order valence-corrected chi connectivity index (χ0v) is 13.2. The van der Waals surface area contributed by atoms with Crippen molar-refractivity contribution in [2.24, 2.45) is 5.92 Å². The fraction of sp³-hybridized carbons (Fsp3) is 0.667. The van der Waals surface area contributed by atoms with Crippen molar-refractivity contribution in [2.45, 2.75) is 45.4 Å². The lowest BCUT2D eigenvalue weighted by Gasteiger charge is -2.21. The molecule has 0 N–H and O–H groups in total. The Bertz CT molecular complexity index is 386. The van der Waals surface area contributed by atoms with Crippen LogP contribution in [0.1, 0.15) is 45.4 Å². The summed E-state index contributed by atoms with van der Waals surface area (Å²) >= 11 is 0. The van der Waals surface area contributed by atoms with Crippen LogP contribution in [0.2, 0.25) is 0 Å². The molecule has 1 aliphatic rings. The number of hydrogen-bond donors (Lipinski definition) is 0. The van der Waals surface area contributed by atoms with Crippen LogP contribution in [-0.2, 0) is 4.74 Å². The predicted molar refractivity (Wildman–Crippen MR) is 85.1 cm³/mol. The second-order valence-corrected chi connectivity index (χ2v) is 5.72. The van der Waals surface area contributed by atoms with Gasteiger partial charge in [0.1, 0.15) is 11.5 Å². The Morgan fingerprint density at radius 2 is 1.71 bits per heavy atom. The summed E-state index contributed by atoms with van der Waals surface area (Å²) < 4.78 is 16.9. The monoisotopic (exact) mass is 292 g/mol. The number of unbranched alkanes of at least 4 members (excludes halogenated alkanes) is 1.